The predicted octanol–water partition coefficient (Wildman–Crippen LogP) is 3.68. The number of ether oxygens (including phenoxy) is 1. The fourth-order valence-electron chi connectivity index (χ4n) is 1.95. The maximum atomic E-state index is 6.31. The first-order chi connectivity index (χ1) is 10.2. The standard InChI is InChI=1S/C15H21N3OS2/c1-4-12(16)14(10-6-8-11(19-3)9-7-10)20-15-17-13(5-2)18-21-15/h6-9,12,14H,4-5,16H2,1-3H3. The van der Waals surface area contributed by atoms with E-state index in [1.165, 1.54) is 17.1 Å². The Kier molecular flexibility index (Phi) is 6.02. The topological polar surface area (TPSA) is 61.0 Å². The average Bonchev–Trinajstić information content (AvgIpc) is 3.00. The van der Waals surface area contributed by atoms with Crippen LogP contribution in [-0.4, -0.2) is 22.5 Å². The van der Waals surface area contributed by atoms with Gasteiger partial charge in [0.05, 0.1) is 12.4 Å². The predicted molar refractivity (Wildman–Crippen MR) is 89.1 cm³/mol. The van der Waals surface area contributed by atoms with E-state index in [0.29, 0.717) is 0 Å². The van der Waals surface area contributed by atoms with Gasteiger partial charge in [0.2, 0.25) is 0 Å². The van der Waals surface area contributed by atoms with E-state index in [-0.39, 0.29) is 11.3 Å². The van der Waals surface area contributed by atoms with Crippen LogP contribution in [0.3, 0.4) is 0 Å². The van der Waals surface area contributed by atoms with Crippen molar-refractivity contribution in [2.45, 2.75) is 42.3 Å². The van der Waals surface area contributed by atoms with Crippen LogP contribution in [0.1, 0.15) is 36.9 Å². The molecule has 0 bridgehead atoms. The third kappa shape index (κ3) is 4.18. The molecule has 1 aromatic heterocycles. The first kappa shape index (κ1) is 16.3. The molecule has 0 saturated carbocycles. The lowest BCUT2D eigenvalue weighted by molar-refractivity contribution is 0.414. The summed E-state index contributed by atoms with van der Waals surface area (Å²) >= 11 is 3.16. The highest BCUT2D eigenvalue weighted by atomic mass is 32.2. The second kappa shape index (κ2) is 7.77. The van der Waals surface area contributed by atoms with Crippen molar-refractivity contribution in [2.75, 3.05) is 7.11 Å². The van der Waals surface area contributed by atoms with Gasteiger partial charge in [-0.25, -0.2) is 4.98 Å². The van der Waals surface area contributed by atoms with Crippen molar-refractivity contribution in [1.29, 1.82) is 0 Å². The van der Waals surface area contributed by atoms with Crippen molar-refractivity contribution in [3.05, 3.63) is 35.7 Å². The van der Waals surface area contributed by atoms with Crippen LogP contribution < -0.4 is 10.5 Å². The molecule has 4 nitrogen and oxygen atoms in total. The molecule has 0 saturated heterocycles. The normalized spacial score (nSPS) is 13.9. The van der Waals surface area contributed by atoms with E-state index in [9.17, 15) is 0 Å². The van der Waals surface area contributed by atoms with Gasteiger partial charge in [0.25, 0.3) is 0 Å². The van der Waals surface area contributed by atoms with Crippen LogP contribution in [0.25, 0.3) is 0 Å². The molecule has 2 unspecified atom stereocenters. The summed E-state index contributed by atoms with van der Waals surface area (Å²) in [4.78, 5) is 4.53. The second-order valence-corrected chi connectivity index (χ2v) is 6.85. The van der Waals surface area contributed by atoms with E-state index in [0.717, 1.165) is 28.8 Å². The lowest BCUT2D eigenvalue weighted by atomic mass is 10.0. The molecule has 2 aromatic rings. The van der Waals surface area contributed by atoms with E-state index in [4.69, 9.17) is 10.5 Å². The van der Waals surface area contributed by atoms with Crippen LogP contribution in [0.5, 0.6) is 5.75 Å². The van der Waals surface area contributed by atoms with E-state index < -0.39 is 0 Å². The van der Waals surface area contributed by atoms with Gasteiger partial charge in [-0.1, -0.05) is 37.7 Å². The first-order valence-electron chi connectivity index (χ1n) is 7.06. The van der Waals surface area contributed by atoms with Crippen LogP contribution >= 0.6 is 23.3 Å². The number of aryl methyl sites for hydroxylation is 1. The minimum atomic E-state index is 0.0809. The van der Waals surface area contributed by atoms with Gasteiger partial charge in [-0.2, -0.15) is 4.37 Å². The summed E-state index contributed by atoms with van der Waals surface area (Å²) in [7, 11) is 1.67. The molecule has 0 spiro atoms. The number of hydrogen-bond donors (Lipinski definition) is 1. The van der Waals surface area contributed by atoms with Gasteiger partial charge < -0.3 is 10.5 Å². The summed E-state index contributed by atoms with van der Waals surface area (Å²) in [6.45, 7) is 4.18. The minimum Gasteiger partial charge on any atom is -0.497 e. The number of rotatable bonds is 7. The molecule has 0 radical (unpaired) electrons. The highest BCUT2D eigenvalue weighted by Gasteiger charge is 2.22. The Bertz CT molecular complexity index is 556. The van der Waals surface area contributed by atoms with Crippen molar-refractivity contribution in [3.8, 4) is 5.75 Å². The number of benzene rings is 1. The number of aromatic nitrogens is 2. The van der Waals surface area contributed by atoms with Gasteiger partial charge in [-0.3, -0.25) is 0 Å². The van der Waals surface area contributed by atoms with Gasteiger partial charge in [-0.15, -0.1) is 0 Å². The fourth-order valence-corrected chi connectivity index (χ4v) is 4.08. The molecule has 1 heterocycles. The smallest absolute Gasteiger partial charge is 0.170 e. The maximum Gasteiger partial charge on any atom is 0.170 e. The van der Waals surface area contributed by atoms with Crippen molar-refractivity contribution in [3.63, 3.8) is 0 Å². The molecule has 6 heteroatoms. The number of nitrogens with zero attached hydrogens (tertiary/aromatic N) is 2. The highest BCUT2D eigenvalue weighted by molar-refractivity contribution is 8.01. The van der Waals surface area contributed by atoms with Crippen LogP contribution in [0, 0.1) is 0 Å². The lowest BCUT2D eigenvalue weighted by Gasteiger charge is -2.21. The molecule has 1 aromatic carbocycles. The molecule has 114 valence electrons. The van der Waals surface area contributed by atoms with Gasteiger partial charge in [-0.05, 0) is 35.6 Å². The average molecular weight is 323 g/mol. The van der Waals surface area contributed by atoms with E-state index in [1.54, 1.807) is 18.9 Å². The van der Waals surface area contributed by atoms with Crippen molar-refractivity contribution >= 4 is 23.3 Å². The molecule has 2 rings (SSSR count). The van der Waals surface area contributed by atoms with E-state index >= 15 is 0 Å². The minimum absolute atomic E-state index is 0.0809. The van der Waals surface area contributed by atoms with Gasteiger partial charge >= 0.3 is 0 Å². The first-order valence-corrected chi connectivity index (χ1v) is 8.72. The molecule has 21 heavy (non-hydrogen) atoms. The number of thioether (sulfide) groups is 1. The number of methoxy groups -OCH3 is 1. The van der Waals surface area contributed by atoms with Crippen LogP contribution in [0.2, 0.25) is 0 Å². The third-order valence-electron chi connectivity index (χ3n) is 3.30. The molecule has 2 atom stereocenters. The molecule has 0 aliphatic rings. The molecule has 2 N–H and O–H groups in total. The Labute approximate surface area is 134 Å². The molecular formula is C15H21N3OS2. The molecule has 0 amide bonds. The zero-order chi connectivity index (χ0) is 15.2. The van der Waals surface area contributed by atoms with Crippen molar-refractivity contribution in [1.82, 2.24) is 9.36 Å². The second-order valence-electron chi connectivity index (χ2n) is 4.71. The summed E-state index contributed by atoms with van der Waals surface area (Å²) in [6.07, 6.45) is 1.78. The van der Waals surface area contributed by atoms with Crippen LogP contribution in [0.4, 0.5) is 0 Å². The quantitative estimate of drug-likeness (QED) is 0.788. The van der Waals surface area contributed by atoms with E-state index in [1.807, 2.05) is 12.1 Å². The van der Waals surface area contributed by atoms with Crippen molar-refractivity contribution in [2.24, 2.45) is 5.73 Å². The van der Waals surface area contributed by atoms with Gasteiger partial charge in [0, 0.05) is 12.5 Å². The SMILES string of the molecule is CCc1nsc(SC(c2ccc(OC)cc2)C(N)CC)n1. The van der Waals surface area contributed by atoms with Crippen LogP contribution in [-0.2, 0) is 6.42 Å². The molecular weight excluding hydrogens is 302 g/mol. The Hall–Kier alpha value is -1.11. The highest BCUT2D eigenvalue weighted by Crippen LogP contribution is 2.39. The van der Waals surface area contributed by atoms with E-state index in [2.05, 4.69) is 35.3 Å². The Morgan fingerprint density at radius 3 is 2.52 bits per heavy atom. The van der Waals surface area contributed by atoms with Crippen LogP contribution in [0.15, 0.2) is 28.6 Å². The molecule has 0 fully saturated rings. The maximum absolute atomic E-state index is 6.31. The Morgan fingerprint density at radius 1 is 1.29 bits per heavy atom. The summed E-state index contributed by atoms with van der Waals surface area (Å²) in [5, 5.41) is 0.179. The fraction of sp³-hybridized carbons (Fsp3) is 0.467. The lowest BCUT2D eigenvalue weighted by Crippen LogP contribution is -2.25. The zero-order valence-electron chi connectivity index (χ0n) is 12.6. The molecule has 0 aliphatic carbocycles. The molecule has 0 aliphatic heterocycles. The zero-order valence-corrected chi connectivity index (χ0v) is 14.2. The van der Waals surface area contributed by atoms with Gasteiger partial charge in [0.1, 0.15) is 11.6 Å². The number of hydrogen-bond acceptors (Lipinski definition) is 6. The monoisotopic (exact) mass is 323 g/mol. The number of nitrogens with two attached hydrogens (primary N) is 1. The summed E-state index contributed by atoms with van der Waals surface area (Å²) in [5.74, 6) is 1.76. The Balaban J connectivity index is 2.20. The Morgan fingerprint density at radius 2 is 2.00 bits per heavy atom. The van der Waals surface area contributed by atoms with Crippen molar-refractivity contribution < 1.29 is 4.74 Å². The summed E-state index contributed by atoms with van der Waals surface area (Å²) < 4.78 is 10.5. The largest absolute Gasteiger partial charge is 0.497 e. The summed E-state index contributed by atoms with van der Waals surface area (Å²) in [5.41, 5.74) is 7.51. The van der Waals surface area contributed by atoms with Gasteiger partial charge in [0.15, 0.2) is 4.34 Å². The summed E-state index contributed by atoms with van der Waals surface area (Å²) in [6, 6.07) is 8.19. The third-order valence-corrected chi connectivity index (χ3v) is 5.53.